The summed E-state index contributed by atoms with van der Waals surface area (Å²) in [4.78, 5) is 21.3. The van der Waals surface area contributed by atoms with Crippen LogP contribution in [0.4, 0.5) is 0 Å². The van der Waals surface area contributed by atoms with Crippen LogP contribution in [-0.2, 0) is 6.54 Å². The third-order valence-corrected chi connectivity index (χ3v) is 4.83. The molecule has 1 aliphatic rings. The fraction of sp³-hybridized carbons (Fsp3) is 0.556. The lowest BCUT2D eigenvalue weighted by Crippen LogP contribution is -2.39. The summed E-state index contributed by atoms with van der Waals surface area (Å²) in [5.74, 6) is -0.160. The van der Waals surface area contributed by atoms with Crippen molar-refractivity contribution in [2.45, 2.75) is 33.2 Å². The monoisotopic (exact) mass is 340 g/mol. The van der Waals surface area contributed by atoms with Gasteiger partial charge in [0.15, 0.2) is 5.65 Å². The predicted molar refractivity (Wildman–Crippen MR) is 93.9 cm³/mol. The molecule has 1 amide bonds. The second-order valence-corrected chi connectivity index (χ2v) is 6.47. The average Bonchev–Trinajstić information content (AvgIpc) is 3.08. The number of aromatic nitrogens is 3. The number of carbonyl (C=O) groups excluding carboxylic acids is 1. The zero-order valence-electron chi connectivity index (χ0n) is 14.9. The van der Waals surface area contributed by atoms with E-state index in [1.165, 1.54) is 0 Å². The van der Waals surface area contributed by atoms with Crippen molar-refractivity contribution < 1.29 is 4.79 Å². The van der Waals surface area contributed by atoms with Crippen LogP contribution in [0.5, 0.6) is 0 Å². The fourth-order valence-corrected chi connectivity index (χ4v) is 3.29. The van der Waals surface area contributed by atoms with Gasteiger partial charge in [0.1, 0.15) is 5.56 Å². The first kappa shape index (κ1) is 17.4. The van der Waals surface area contributed by atoms with Crippen LogP contribution in [0, 0.1) is 17.2 Å². The Morgan fingerprint density at radius 2 is 2.20 bits per heavy atom. The van der Waals surface area contributed by atoms with Crippen molar-refractivity contribution in [1.29, 1.82) is 5.26 Å². The van der Waals surface area contributed by atoms with Crippen LogP contribution in [0.25, 0.3) is 5.65 Å². The largest absolute Gasteiger partial charge is 0.337 e. The molecular formula is C18H24N6O. The molecule has 7 heteroatoms. The van der Waals surface area contributed by atoms with Gasteiger partial charge in [0.2, 0.25) is 0 Å². The van der Waals surface area contributed by atoms with Crippen molar-refractivity contribution in [3.63, 3.8) is 0 Å². The summed E-state index contributed by atoms with van der Waals surface area (Å²) in [6, 6.07) is 2.27. The molecular weight excluding hydrogens is 316 g/mol. The van der Waals surface area contributed by atoms with E-state index in [0.29, 0.717) is 24.3 Å². The molecule has 1 unspecified atom stereocenters. The van der Waals surface area contributed by atoms with Gasteiger partial charge >= 0.3 is 0 Å². The molecule has 3 rings (SSSR count). The quantitative estimate of drug-likeness (QED) is 0.831. The Morgan fingerprint density at radius 3 is 2.92 bits per heavy atom. The van der Waals surface area contributed by atoms with E-state index < -0.39 is 0 Å². The first-order chi connectivity index (χ1) is 12.2. The maximum absolute atomic E-state index is 12.8. The van der Waals surface area contributed by atoms with Crippen LogP contribution in [-0.4, -0.2) is 56.5 Å². The van der Waals surface area contributed by atoms with Crippen LogP contribution < -0.4 is 0 Å². The molecule has 0 N–H and O–H groups in total. The Bertz CT molecular complexity index is 788. The fourth-order valence-electron chi connectivity index (χ4n) is 3.29. The molecule has 2 aromatic rings. The summed E-state index contributed by atoms with van der Waals surface area (Å²) in [5, 5.41) is 13.4. The first-order valence-corrected chi connectivity index (χ1v) is 8.89. The first-order valence-electron chi connectivity index (χ1n) is 8.89. The number of piperidine rings is 1. The molecule has 2 aromatic heterocycles. The summed E-state index contributed by atoms with van der Waals surface area (Å²) >= 11 is 0. The molecule has 0 aromatic carbocycles. The van der Waals surface area contributed by atoms with Gasteiger partial charge in [-0.3, -0.25) is 9.69 Å². The highest BCUT2D eigenvalue weighted by atomic mass is 16.2. The van der Waals surface area contributed by atoms with Crippen LogP contribution in [0.1, 0.15) is 42.6 Å². The van der Waals surface area contributed by atoms with E-state index in [1.807, 2.05) is 12.4 Å². The van der Waals surface area contributed by atoms with Crippen LogP contribution in [0.2, 0.25) is 0 Å². The molecule has 1 atom stereocenters. The molecule has 0 radical (unpaired) electrons. The SMILES string of the molecule is CCN(CC)Cc1cnc2c(C(=O)N3CCCC(C#N)C3)cnn2c1. The minimum Gasteiger partial charge on any atom is -0.337 e. The van der Waals surface area contributed by atoms with Crippen molar-refractivity contribution in [3.05, 3.63) is 29.7 Å². The van der Waals surface area contributed by atoms with E-state index in [0.717, 1.165) is 38.0 Å². The number of carbonyl (C=O) groups is 1. The maximum atomic E-state index is 12.8. The van der Waals surface area contributed by atoms with E-state index in [9.17, 15) is 4.79 Å². The molecule has 7 nitrogen and oxygen atoms in total. The minimum atomic E-state index is -0.0843. The number of likely N-dealkylation sites (tertiary alicyclic amines) is 1. The van der Waals surface area contributed by atoms with Crippen molar-refractivity contribution in [2.75, 3.05) is 26.2 Å². The van der Waals surface area contributed by atoms with Crippen molar-refractivity contribution in [2.24, 2.45) is 5.92 Å². The van der Waals surface area contributed by atoms with E-state index >= 15 is 0 Å². The van der Waals surface area contributed by atoms with E-state index in [2.05, 4.69) is 34.9 Å². The van der Waals surface area contributed by atoms with Gasteiger partial charge in [0, 0.05) is 37.6 Å². The predicted octanol–water partition coefficient (Wildman–Crippen LogP) is 1.95. The molecule has 1 fully saturated rings. The highest BCUT2D eigenvalue weighted by Gasteiger charge is 2.26. The molecule has 0 saturated carbocycles. The second kappa shape index (κ2) is 7.62. The van der Waals surface area contributed by atoms with E-state index in [4.69, 9.17) is 5.26 Å². The zero-order valence-corrected chi connectivity index (χ0v) is 14.9. The second-order valence-electron chi connectivity index (χ2n) is 6.47. The van der Waals surface area contributed by atoms with Gasteiger partial charge in [0.05, 0.1) is 18.2 Å². The Labute approximate surface area is 147 Å². The van der Waals surface area contributed by atoms with Gasteiger partial charge in [-0.1, -0.05) is 13.8 Å². The molecule has 25 heavy (non-hydrogen) atoms. The average molecular weight is 340 g/mol. The van der Waals surface area contributed by atoms with E-state index in [1.54, 1.807) is 15.6 Å². The molecule has 0 aliphatic carbocycles. The molecule has 132 valence electrons. The molecule has 0 spiro atoms. The summed E-state index contributed by atoms with van der Waals surface area (Å²) in [6.07, 6.45) is 7.07. The summed E-state index contributed by atoms with van der Waals surface area (Å²) < 4.78 is 1.68. The van der Waals surface area contributed by atoms with Gasteiger partial charge < -0.3 is 4.90 Å². The Hall–Kier alpha value is -2.46. The van der Waals surface area contributed by atoms with Crippen LogP contribution >= 0.6 is 0 Å². The van der Waals surface area contributed by atoms with Crippen LogP contribution in [0.15, 0.2) is 18.6 Å². The van der Waals surface area contributed by atoms with E-state index in [-0.39, 0.29) is 11.8 Å². The number of hydrogen-bond donors (Lipinski definition) is 0. The minimum absolute atomic E-state index is 0.0758. The highest BCUT2D eigenvalue weighted by Crippen LogP contribution is 2.19. The number of fused-ring (bicyclic) bond motifs is 1. The third-order valence-electron chi connectivity index (χ3n) is 4.83. The lowest BCUT2D eigenvalue weighted by Gasteiger charge is -2.29. The van der Waals surface area contributed by atoms with Gasteiger partial charge in [-0.2, -0.15) is 10.4 Å². The summed E-state index contributed by atoms with van der Waals surface area (Å²) in [5.41, 5.74) is 2.15. The maximum Gasteiger partial charge on any atom is 0.259 e. The standard InChI is InChI=1S/C18H24N6O/c1-3-22(4-2)11-15-9-20-17-16(10-21-24(17)13-15)18(25)23-7-5-6-14(8-19)12-23/h9-10,13-14H,3-7,11-12H2,1-2H3. The number of nitriles is 1. The number of amides is 1. The topological polar surface area (TPSA) is 77.5 Å². The number of nitrogens with zero attached hydrogens (tertiary/aromatic N) is 6. The Balaban J connectivity index is 1.81. The number of hydrogen-bond acceptors (Lipinski definition) is 5. The van der Waals surface area contributed by atoms with Crippen molar-refractivity contribution in [1.82, 2.24) is 24.4 Å². The molecule has 1 saturated heterocycles. The normalized spacial score (nSPS) is 17.8. The third kappa shape index (κ3) is 3.64. The molecule has 1 aliphatic heterocycles. The summed E-state index contributed by atoms with van der Waals surface area (Å²) in [6.45, 7) is 8.22. The number of rotatable bonds is 5. The highest BCUT2D eigenvalue weighted by molar-refractivity contribution is 5.99. The lowest BCUT2D eigenvalue weighted by molar-refractivity contribution is 0.0700. The molecule has 3 heterocycles. The smallest absolute Gasteiger partial charge is 0.259 e. The zero-order chi connectivity index (χ0) is 17.8. The lowest BCUT2D eigenvalue weighted by atomic mass is 9.99. The Kier molecular flexibility index (Phi) is 5.29. The van der Waals surface area contributed by atoms with Crippen LogP contribution in [0.3, 0.4) is 0 Å². The van der Waals surface area contributed by atoms with Crippen molar-refractivity contribution in [3.8, 4) is 6.07 Å². The van der Waals surface area contributed by atoms with Crippen molar-refractivity contribution >= 4 is 11.6 Å². The molecule has 0 bridgehead atoms. The van der Waals surface area contributed by atoms with Gasteiger partial charge in [-0.05, 0) is 25.9 Å². The van der Waals surface area contributed by atoms with Gasteiger partial charge in [-0.15, -0.1) is 0 Å². The van der Waals surface area contributed by atoms with Gasteiger partial charge in [0.25, 0.3) is 5.91 Å². The summed E-state index contributed by atoms with van der Waals surface area (Å²) in [7, 11) is 0. The van der Waals surface area contributed by atoms with Gasteiger partial charge in [-0.25, -0.2) is 9.50 Å². The Morgan fingerprint density at radius 1 is 1.40 bits per heavy atom.